The van der Waals surface area contributed by atoms with Gasteiger partial charge >= 0.3 is 0 Å². The Morgan fingerprint density at radius 2 is 2.13 bits per heavy atom. The van der Waals surface area contributed by atoms with E-state index in [9.17, 15) is 4.79 Å². The fraction of sp³-hybridized carbons (Fsp3) is 0.111. The number of hydrogen-bond donors (Lipinski definition) is 1. The summed E-state index contributed by atoms with van der Waals surface area (Å²) in [5.41, 5.74) is 4.28. The van der Waals surface area contributed by atoms with Crippen LogP contribution in [0, 0.1) is 11.3 Å². The van der Waals surface area contributed by atoms with E-state index < -0.39 is 0 Å². The van der Waals surface area contributed by atoms with Crippen LogP contribution in [0.3, 0.4) is 0 Å². The fourth-order valence-electron chi connectivity index (χ4n) is 2.33. The molecule has 0 fully saturated rings. The molecule has 0 saturated heterocycles. The average Bonchev–Trinajstić information content (AvgIpc) is 2.98. The Labute approximate surface area is 133 Å². The third-order valence-electron chi connectivity index (χ3n) is 3.56. The van der Waals surface area contributed by atoms with Crippen LogP contribution in [0.15, 0.2) is 54.4 Å². The summed E-state index contributed by atoms with van der Waals surface area (Å²) in [6, 6.07) is 11.7. The summed E-state index contributed by atoms with van der Waals surface area (Å²) < 4.78 is 0. The molecular formula is C18H14N4O. The first-order chi connectivity index (χ1) is 11.2. The molecule has 23 heavy (non-hydrogen) atoms. The third-order valence-corrected chi connectivity index (χ3v) is 3.56. The number of aromatic nitrogens is 3. The molecule has 3 rings (SSSR count). The number of nitrogens with one attached hydrogen (secondary N) is 1. The molecule has 0 radical (unpaired) electrons. The highest BCUT2D eigenvalue weighted by molar-refractivity contribution is 5.97. The first-order valence-corrected chi connectivity index (χ1v) is 7.18. The topological polar surface area (TPSA) is 82.4 Å². The van der Waals surface area contributed by atoms with Crippen molar-refractivity contribution in [2.24, 2.45) is 0 Å². The standard InChI is InChI=1S/C18H14N4O/c1-12(23)14(9-19)7-8-15-10-20-18-17(15)22-16(11-21-18)13-5-3-2-4-6-13/h2-7,10-11H,8H2,1H3,(H,20,21). The quantitative estimate of drug-likeness (QED) is 0.592. The van der Waals surface area contributed by atoms with E-state index >= 15 is 0 Å². The van der Waals surface area contributed by atoms with Gasteiger partial charge in [0.15, 0.2) is 11.4 Å². The number of carbonyl (C=O) groups is 1. The summed E-state index contributed by atoms with van der Waals surface area (Å²) in [4.78, 5) is 23.4. The van der Waals surface area contributed by atoms with Gasteiger partial charge in [-0.05, 0) is 13.3 Å². The van der Waals surface area contributed by atoms with Crippen LogP contribution < -0.4 is 0 Å². The highest BCUT2D eigenvalue weighted by Crippen LogP contribution is 2.21. The lowest BCUT2D eigenvalue weighted by Gasteiger charge is -2.01. The number of aromatic amines is 1. The minimum Gasteiger partial charge on any atom is -0.345 e. The molecule has 2 heterocycles. The van der Waals surface area contributed by atoms with Crippen molar-refractivity contribution in [2.45, 2.75) is 13.3 Å². The number of rotatable bonds is 4. The van der Waals surface area contributed by atoms with Gasteiger partial charge in [0.05, 0.1) is 17.5 Å². The van der Waals surface area contributed by atoms with Crippen LogP contribution in [-0.4, -0.2) is 20.7 Å². The number of nitrogens with zero attached hydrogens (tertiary/aromatic N) is 3. The molecule has 0 aliphatic heterocycles. The molecule has 0 saturated carbocycles. The Kier molecular flexibility index (Phi) is 3.98. The SMILES string of the molecule is CC(=O)C(C#N)=CCc1c[nH]c2ncc(-c3ccccc3)nc12. The van der Waals surface area contributed by atoms with Crippen molar-refractivity contribution in [3.05, 3.63) is 59.9 Å². The second-order valence-electron chi connectivity index (χ2n) is 5.12. The van der Waals surface area contributed by atoms with Crippen molar-refractivity contribution >= 4 is 16.9 Å². The van der Waals surface area contributed by atoms with Crippen molar-refractivity contribution in [2.75, 3.05) is 0 Å². The van der Waals surface area contributed by atoms with Crippen molar-refractivity contribution < 1.29 is 4.79 Å². The molecule has 0 aliphatic rings. The smallest absolute Gasteiger partial charge is 0.169 e. The summed E-state index contributed by atoms with van der Waals surface area (Å²) in [6.45, 7) is 1.39. The van der Waals surface area contributed by atoms with Crippen LogP contribution in [0.1, 0.15) is 12.5 Å². The van der Waals surface area contributed by atoms with Gasteiger partial charge in [-0.2, -0.15) is 5.26 Å². The Hall–Kier alpha value is -3.26. The number of carbonyl (C=O) groups excluding carboxylic acids is 1. The van der Waals surface area contributed by atoms with Crippen LogP contribution in [0.25, 0.3) is 22.4 Å². The van der Waals surface area contributed by atoms with Crippen LogP contribution in [0.4, 0.5) is 0 Å². The molecule has 5 nitrogen and oxygen atoms in total. The van der Waals surface area contributed by atoms with Gasteiger partial charge in [-0.25, -0.2) is 9.97 Å². The molecule has 2 aromatic heterocycles. The number of nitriles is 1. The molecular weight excluding hydrogens is 288 g/mol. The molecule has 0 bridgehead atoms. The van der Waals surface area contributed by atoms with Crippen LogP contribution in [0.2, 0.25) is 0 Å². The van der Waals surface area contributed by atoms with Crippen molar-refractivity contribution in [3.63, 3.8) is 0 Å². The summed E-state index contributed by atoms with van der Waals surface area (Å²) in [5.74, 6) is -0.233. The van der Waals surface area contributed by atoms with Crippen molar-refractivity contribution in [1.29, 1.82) is 5.26 Å². The summed E-state index contributed by atoms with van der Waals surface area (Å²) in [7, 11) is 0. The van der Waals surface area contributed by atoms with E-state index in [-0.39, 0.29) is 11.4 Å². The number of benzene rings is 1. The highest BCUT2D eigenvalue weighted by Gasteiger charge is 2.09. The minimum absolute atomic E-state index is 0.159. The molecule has 0 spiro atoms. The number of H-pyrrole nitrogens is 1. The summed E-state index contributed by atoms with van der Waals surface area (Å²) in [5, 5.41) is 8.96. The maximum Gasteiger partial charge on any atom is 0.169 e. The fourth-order valence-corrected chi connectivity index (χ4v) is 2.33. The Morgan fingerprint density at radius 3 is 2.83 bits per heavy atom. The monoisotopic (exact) mass is 302 g/mol. The van der Waals surface area contributed by atoms with Gasteiger partial charge in [-0.3, -0.25) is 4.79 Å². The second kappa shape index (κ2) is 6.24. The molecule has 0 amide bonds. The lowest BCUT2D eigenvalue weighted by atomic mass is 10.1. The number of ketones is 1. The van der Waals surface area contributed by atoms with Gasteiger partial charge in [-0.1, -0.05) is 36.4 Å². The van der Waals surface area contributed by atoms with Gasteiger partial charge < -0.3 is 4.98 Å². The van der Waals surface area contributed by atoms with Crippen LogP contribution in [-0.2, 0) is 11.2 Å². The van der Waals surface area contributed by atoms with E-state index in [2.05, 4.69) is 15.0 Å². The normalized spacial score (nSPS) is 11.4. The van der Waals surface area contributed by atoms with E-state index in [1.807, 2.05) is 42.6 Å². The molecule has 5 heteroatoms. The third kappa shape index (κ3) is 3.01. The van der Waals surface area contributed by atoms with Gasteiger partial charge in [0, 0.05) is 17.3 Å². The molecule has 0 atom stereocenters. The Bertz CT molecular complexity index is 933. The number of fused-ring (bicyclic) bond motifs is 1. The average molecular weight is 302 g/mol. The number of Topliss-reactive ketones (excluding diaryl/α,β-unsaturated/α-hetero) is 1. The predicted molar refractivity (Wildman–Crippen MR) is 87.4 cm³/mol. The Morgan fingerprint density at radius 1 is 1.35 bits per heavy atom. The first-order valence-electron chi connectivity index (χ1n) is 7.18. The zero-order valence-corrected chi connectivity index (χ0v) is 12.6. The maximum absolute atomic E-state index is 11.3. The molecule has 3 aromatic rings. The predicted octanol–water partition coefficient (Wildman–Crippen LogP) is 3.21. The minimum atomic E-state index is -0.233. The van der Waals surface area contributed by atoms with Gasteiger partial charge in [-0.15, -0.1) is 0 Å². The molecule has 1 aromatic carbocycles. The van der Waals surface area contributed by atoms with E-state index in [1.165, 1.54) is 6.92 Å². The van der Waals surface area contributed by atoms with E-state index in [4.69, 9.17) is 5.26 Å². The molecule has 112 valence electrons. The summed E-state index contributed by atoms with van der Waals surface area (Å²) in [6.07, 6.45) is 5.62. The van der Waals surface area contributed by atoms with Crippen LogP contribution >= 0.6 is 0 Å². The second-order valence-corrected chi connectivity index (χ2v) is 5.12. The zero-order chi connectivity index (χ0) is 16.2. The van der Waals surface area contributed by atoms with Gasteiger partial charge in [0.1, 0.15) is 11.6 Å². The maximum atomic E-state index is 11.3. The number of allylic oxidation sites excluding steroid dienone is 2. The van der Waals surface area contributed by atoms with Crippen molar-refractivity contribution in [3.8, 4) is 17.3 Å². The number of hydrogen-bond acceptors (Lipinski definition) is 4. The largest absolute Gasteiger partial charge is 0.345 e. The first kappa shape index (κ1) is 14.7. The summed E-state index contributed by atoms with van der Waals surface area (Å²) >= 11 is 0. The van der Waals surface area contributed by atoms with E-state index in [1.54, 1.807) is 12.3 Å². The lowest BCUT2D eigenvalue weighted by Crippen LogP contribution is -1.95. The Balaban J connectivity index is 2.00. The van der Waals surface area contributed by atoms with Gasteiger partial charge in [0.2, 0.25) is 0 Å². The van der Waals surface area contributed by atoms with Crippen molar-refractivity contribution in [1.82, 2.24) is 15.0 Å². The van der Waals surface area contributed by atoms with Crippen LogP contribution in [0.5, 0.6) is 0 Å². The molecule has 0 aliphatic carbocycles. The molecule has 1 N–H and O–H groups in total. The molecule has 0 unspecified atom stereocenters. The van der Waals surface area contributed by atoms with E-state index in [0.717, 1.165) is 22.3 Å². The zero-order valence-electron chi connectivity index (χ0n) is 12.6. The lowest BCUT2D eigenvalue weighted by molar-refractivity contribution is -0.113. The highest BCUT2D eigenvalue weighted by atomic mass is 16.1. The van der Waals surface area contributed by atoms with Gasteiger partial charge in [0.25, 0.3) is 0 Å². The van der Waals surface area contributed by atoms with E-state index in [0.29, 0.717) is 12.1 Å².